The number of fused-ring (bicyclic) bond motifs is 1. The molecule has 6 nitrogen and oxygen atoms in total. The predicted molar refractivity (Wildman–Crippen MR) is 102 cm³/mol. The number of carbonyl (C=O) groups is 1. The lowest BCUT2D eigenvalue weighted by Gasteiger charge is -2.25. The van der Waals surface area contributed by atoms with Gasteiger partial charge in [0.15, 0.2) is 5.69 Å². The molecule has 1 unspecified atom stereocenters. The normalized spacial score (nSPS) is 18.8. The molecule has 27 heavy (non-hydrogen) atoms. The topological polar surface area (TPSA) is 62.8 Å². The number of hydrogen-bond donors (Lipinski definition) is 1. The van der Waals surface area contributed by atoms with Crippen LogP contribution >= 0.6 is 0 Å². The van der Waals surface area contributed by atoms with Crippen LogP contribution < -0.4 is 5.32 Å². The summed E-state index contributed by atoms with van der Waals surface area (Å²) >= 11 is 0. The zero-order valence-corrected chi connectivity index (χ0v) is 15.3. The second-order valence-corrected chi connectivity index (χ2v) is 7.53. The van der Waals surface area contributed by atoms with E-state index in [4.69, 9.17) is 9.40 Å². The van der Waals surface area contributed by atoms with E-state index < -0.39 is 0 Å². The first-order chi connectivity index (χ1) is 13.3. The molecule has 0 spiro atoms. The van der Waals surface area contributed by atoms with Gasteiger partial charge >= 0.3 is 0 Å². The van der Waals surface area contributed by atoms with Crippen molar-refractivity contribution in [2.75, 3.05) is 19.6 Å². The first kappa shape index (κ1) is 16.6. The van der Waals surface area contributed by atoms with E-state index in [1.807, 2.05) is 36.5 Å². The fourth-order valence-electron chi connectivity index (χ4n) is 4.08. The standard InChI is InChI=1S/C21H24N4O2/c26-21(19-16-6-1-2-12-25(16)20(23-19)15-8-9-15)22-14-17(18-7-5-13-27-18)24-10-3-4-11-24/h1-2,5-7,12-13,15,17H,3-4,8-11,14H2,(H,22,26). The van der Waals surface area contributed by atoms with Crippen molar-refractivity contribution in [3.63, 3.8) is 0 Å². The first-order valence-corrected chi connectivity index (χ1v) is 9.84. The van der Waals surface area contributed by atoms with Gasteiger partial charge < -0.3 is 14.1 Å². The molecule has 0 radical (unpaired) electrons. The highest BCUT2D eigenvalue weighted by atomic mass is 16.3. The molecule has 6 heteroatoms. The van der Waals surface area contributed by atoms with Gasteiger partial charge in [0.1, 0.15) is 11.6 Å². The van der Waals surface area contributed by atoms with Crippen LogP contribution in [-0.2, 0) is 0 Å². The van der Waals surface area contributed by atoms with Crippen molar-refractivity contribution in [3.8, 4) is 0 Å². The van der Waals surface area contributed by atoms with Gasteiger partial charge in [0, 0.05) is 18.7 Å². The summed E-state index contributed by atoms with van der Waals surface area (Å²) in [4.78, 5) is 20.1. The minimum Gasteiger partial charge on any atom is -0.468 e. The van der Waals surface area contributed by atoms with Crippen molar-refractivity contribution < 1.29 is 9.21 Å². The van der Waals surface area contributed by atoms with Crippen molar-refractivity contribution in [2.24, 2.45) is 0 Å². The zero-order valence-electron chi connectivity index (χ0n) is 15.3. The van der Waals surface area contributed by atoms with Crippen LogP contribution in [0.4, 0.5) is 0 Å². The number of nitrogens with zero attached hydrogens (tertiary/aromatic N) is 3. The number of pyridine rings is 1. The van der Waals surface area contributed by atoms with Crippen LogP contribution in [0.3, 0.4) is 0 Å². The van der Waals surface area contributed by atoms with Crippen LogP contribution in [0.5, 0.6) is 0 Å². The van der Waals surface area contributed by atoms with E-state index in [9.17, 15) is 4.79 Å². The van der Waals surface area contributed by atoms with Crippen LogP contribution in [0, 0.1) is 0 Å². The third-order valence-corrected chi connectivity index (χ3v) is 5.64. The van der Waals surface area contributed by atoms with E-state index in [0.29, 0.717) is 18.2 Å². The Bertz CT molecular complexity index is 936. The minimum absolute atomic E-state index is 0.0724. The highest BCUT2D eigenvalue weighted by molar-refractivity contribution is 5.99. The van der Waals surface area contributed by atoms with Gasteiger partial charge in [-0.2, -0.15) is 0 Å². The third kappa shape index (κ3) is 3.14. The van der Waals surface area contributed by atoms with Gasteiger partial charge in [-0.1, -0.05) is 6.07 Å². The summed E-state index contributed by atoms with van der Waals surface area (Å²) < 4.78 is 7.71. The number of carbonyl (C=O) groups excluding carboxylic acids is 1. The fourth-order valence-corrected chi connectivity index (χ4v) is 4.08. The van der Waals surface area contributed by atoms with Gasteiger partial charge in [-0.05, 0) is 63.0 Å². The SMILES string of the molecule is O=C(NCC(c1ccco1)N1CCCC1)c1nc(C2CC2)n2ccccc12. The van der Waals surface area contributed by atoms with E-state index in [-0.39, 0.29) is 11.9 Å². The third-order valence-electron chi connectivity index (χ3n) is 5.64. The largest absolute Gasteiger partial charge is 0.468 e. The summed E-state index contributed by atoms with van der Waals surface area (Å²) in [5.41, 5.74) is 1.41. The smallest absolute Gasteiger partial charge is 0.272 e. The van der Waals surface area contributed by atoms with E-state index in [2.05, 4.69) is 14.6 Å². The number of amides is 1. The van der Waals surface area contributed by atoms with E-state index >= 15 is 0 Å². The molecular formula is C21H24N4O2. The first-order valence-electron chi connectivity index (χ1n) is 9.84. The molecule has 1 N–H and O–H groups in total. The highest BCUT2D eigenvalue weighted by Crippen LogP contribution is 2.40. The van der Waals surface area contributed by atoms with Gasteiger partial charge in [-0.25, -0.2) is 4.98 Å². The molecule has 3 aromatic heterocycles. The zero-order chi connectivity index (χ0) is 18.2. The van der Waals surface area contributed by atoms with Crippen LogP contribution in [0.15, 0.2) is 47.2 Å². The molecule has 1 aliphatic heterocycles. The maximum Gasteiger partial charge on any atom is 0.272 e. The molecule has 2 fully saturated rings. The maximum absolute atomic E-state index is 13.0. The number of aromatic nitrogens is 2. The van der Waals surface area contributed by atoms with Crippen molar-refractivity contribution in [1.29, 1.82) is 0 Å². The summed E-state index contributed by atoms with van der Waals surface area (Å²) in [5.74, 6) is 2.30. The second kappa shape index (κ2) is 6.85. The van der Waals surface area contributed by atoms with E-state index in [0.717, 1.165) is 43.0 Å². The number of furan rings is 1. The molecule has 1 amide bonds. The molecule has 1 saturated heterocycles. The van der Waals surface area contributed by atoms with Crippen LogP contribution in [-0.4, -0.2) is 39.8 Å². The number of rotatable bonds is 6. The molecule has 4 heterocycles. The van der Waals surface area contributed by atoms with Gasteiger partial charge in [0.2, 0.25) is 0 Å². The Morgan fingerprint density at radius 2 is 2.07 bits per heavy atom. The monoisotopic (exact) mass is 364 g/mol. The lowest BCUT2D eigenvalue weighted by molar-refractivity contribution is 0.0931. The average molecular weight is 364 g/mol. The van der Waals surface area contributed by atoms with Crippen molar-refractivity contribution in [3.05, 3.63) is 60.1 Å². The van der Waals surface area contributed by atoms with E-state index in [1.165, 1.54) is 12.8 Å². The Morgan fingerprint density at radius 3 is 2.81 bits per heavy atom. The average Bonchev–Trinajstić information content (AvgIpc) is 3.11. The molecule has 140 valence electrons. The molecule has 2 aliphatic rings. The molecule has 1 saturated carbocycles. The lowest BCUT2D eigenvalue weighted by Crippen LogP contribution is -2.36. The molecular weight excluding hydrogens is 340 g/mol. The second-order valence-electron chi connectivity index (χ2n) is 7.53. The summed E-state index contributed by atoms with van der Waals surface area (Å²) in [6.45, 7) is 2.61. The minimum atomic E-state index is -0.110. The Morgan fingerprint density at radius 1 is 1.22 bits per heavy atom. The Hall–Kier alpha value is -2.60. The molecule has 1 atom stereocenters. The van der Waals surface area contributed by atoms with Crippen LogP contribution in [0.25, 0.3) is 5.52 Å². The van der Waals surface area contributed by atoms with Gasteiger partial charge in [0.05, 0.1) is 17.8 Å². The summed E-state index contributed by atoms with van der Waals surface area (Å²) in [7, 11) is 0. The number of imidazole rings is 1. The number of nitrogens with one attached hydrogen (secondary N) is 1. The van der Waals surface area contributed by atoms with E-state index in [1.54, 1.807) is 6.26 Å². The summed E-state index contributed by atoms with van der Waals surface area (Å²) in [5, 5.41) is 3.11. The van der Waals surface area contributed by atoms with Crippen molar-refractivity contribution >= 4 is 11.4 Å². The Labute approximate surface area is 158 Å². The fraction of sp³-hybridized carbons (Fsp3) is 0.429. The molecule has 1 aliphatic carbocycles. The number of hydrogen-bond acceptors (Lipinski definition) is 4. The quantitative estimate of drug-likeness (QED) is 0.728. The van der Waals surface area contributed by atoms with Gasteiger partial charge in [0.25, 0.3) is 5.91 Å². The summed E-state index contributed by atoms with van der Waals surface area (Å²) in [6, 6.07) is 9.89. The van der Waals surface area contributed by atoms with Crippen LogP contribution in [0.2, 0.25) is 0 Å². The number of likely N-dealkylation sites (tertiary alicyclic amines) is 1. The van der Waals surface area contributed by atoms with Crippen molar-refractivity contribution in [1.82, 2.24) is 19.6 Å². The van der Waals surface area contributed by atoms with Crippen molar-refractivity contribution in [2.45, 2.75) is 37.6 Å². The lowest BCUT2D eigenvalue weighted by atomic mass is 10.2. The Kier molecular flexibility index (Phi) is 4.20. The molecule has 0 aromatic carbocycles. The van der Waals surface area contributed by atoms with Crippen LogP contribution in [0.1, 0.15) is 59.7 Å². The Balaban J connectivity index is 1.37. The highest BCUT2D eigenvalue weighted by Gasteiger charge is 2.31. The summed E-state index contributed by atoms with van der Waals surface area (Å²) in [6.07, 6.45) is 8.41. The van der Waals surface area contributed by atoms with Gasteiger partial charge in [-0.15, -0.1) is 0 Å². The molecule has 3 aromatic rings. The predicted octanol–water partition coefficient (Wildman–Crippen LogP) is 3.37. The van der Waals surface area contributed by atoms with Gasteiger partial charge in [-0.3, -0.25) is 9.69 Å². The maximum atomic E-state index is 13.0. The molecule has 5 rings (SSSR count). The molecule has 0 bridgehead atoms.